The number of alkyl halides is 1. The molecular formula is C6H9BrO. The highest BCUT2D eigenvalue weighted by atomic mass is 79.9. The van der Waals surface area contributed by atoms with Crippen LogP contribution in [0.4, 0.5) is 0 Å². The third-order valence-electron chi connectivity index (χ3n) is 2.52. The van der Waals surface area contributed by atoms with E-state index in [1.807, 2.05) is 0 Å². The van der Waals surface area contributed by atoms with Crippen molar-refractivity contribution in [2.75, 3.05) is 6.61 Å². The highest BCUT2D eigenvalue weighted by Gasteiger charge is 2.68. The van der Waals surface area contributed by atoms with Crippen LogP contribution in [0.5, 0.6) is 0 Å². The first-order valence-corrected chi connectivity index (χ1v) is 3.96. The fourth-order valence-corrected chi connectivity index (χ4v) is 2.72. The summed E-state index contributed by atoms with van der Waals surface area (Å²) in [5.41, 5.74) is 0.592. The molecule has 3 atom stereocenters. The van der Waals surface area contributed by atoms with E-state index in [1.54, 1.807) is 0 Å². The van der Waals surface area contributed by atoms with Gasteiger partial charge in [-0.1, -0.05) is 15.9 Å². The topological polar surface area (TPSA) is 20.2 Å². The van der Waals surface area contributed by atoms with Gasteiger partial charge in [-0.2, -0.15) is 0 Å². The highest BCUT2D eigenvalue weighted by Crippen LogP contribution is 2.73. The van der Waals surface area contributed by atoms with Crippen molar-refractivity contribution >= 4 is 15.9 Å². The van der Waals surface area contributed by atoms with E-state index >= 15 is 0 Å². The Bertz CT molecular complexity index is 126. The quantitative estimate of drug-likeness (QED) is 0.595. The molecule has 0 saturated heterocycles. The van der Waals surface area contributed by atoms with Gasteiger partial charge in [-0.05, 0) is 24.2 Å². The molecule has 2 saturated carbocycles. The summed E-state index contributed by atoms with van der Waals surface area (Å²) in [6.45, 7) is 0.405. The highest BCUT2D eigenvalue weighted by molar-refractivity contribution is 9.09. The zero-order valence-electron chi connectivity index (χ0n) is 4.60. The van der Waals surface area contributed by atoms with E-state index in [2.05, 4.69) is 15.9 Å². The summed E-state index contributed by atoms with van der Waals surface area (Å²) < 4.78 is 0. The van der Waals surface area contributed by atoms with Crippen LogP contribution in [0, 0.1) is 11.3 Å². The van der Waals surface area contributed by atoms with E-state index in [1.165, 1.54) is 12.8 Å². The second-order valence-corrected chi connectivity index (χ2v) is 4.09. The summed E-state index contributed by atoms with van der Waals surface area (Å²) >= 11 is 3.54. The van der Waals surface area contributed by atoms with Crippen molar-refractivity contribution in [3.8, 4) is 0 Å². The Hall–Kier alpha value is 0.440. The lowest BCUT2D eigenvalue weighted by atomic mass is 10.3. The molecule has 0 aromatic heterocycles. The van der Waals surface area contributed by atoms with Crippen LogP contribution in [0.1, 0.15) is 12.8 Å². The monoisotopic (exact) mass is 176 g/mol. The van der Waals surface area contributed by atoms with Gasteiger partial charge < -0.3 is 5.11 Å². The molecule has 0 unspecified atom stereocenters. The Morgan fingerprint density at radius 2 is 2.25 bits per heavy atom. The van der Waals surface area contributed by atoms with Gasteiger partial charge in [0.05, 0.1) is 0 Å². The normalized spacial score (nSPS) is 59.2. The molecule has 2 aliphatic carbocycles. The van der Waals surface area contributed by atoms with Gasteiger partial charge in [-0.15, -0.1) is 0 Å². The van der Waals surface area contributed by atoms with Crippen LogP contribution >= 0.6 is 15.9 Å². The predicted octanol–water partition coefficient (Wildman–Crippen LogP) is 1.15. The van der Waals surface area contributed by atoms with Gasteiger partial charge in [-0.25, -0.2) is 0 Å². The molecule has 1 nitrogen and oxygen atoms in total. The van der Waals surface area contributed by atoms with Crippen molar-refractivity contribution < 1.29 is 5.11 Å². The molecule has 46 valence electrons. The van der Waals surface area contributed by atoms with Crippen LogP contribution < -0.4 is 0 Å². The van der Waals surface area contributed by atoms with Crippen LogP contribution in [0.25, 0.3) is 0 Å². The minimum Gasteiger partial charge on any atom is -0.396 e. The first-order chi connectivity index (χ1) is 3.79. The third-order valence-corrected chi connectivity index (χ3v) is 3.76. The van der Waals surface area contributed by atoms with Crippen LogP contribution in [0.3, 0.4) is 0 Å². The molecule has 0 heterocycles. The van der Waals surface area contributed by atoms with Gasteiger partial charge in [0.15, 0.2) is 0 Å². The van der Waals surface area contributed by atoms with E-state index in [4.69, 9.17) is 5.11 Å². The average Bonchev–Trinajstić information content (AvgIpc) is 2.55. The summed E-state index contributed by atoms with van der Waals surface area (Å²) in [5.74, 6) is 0.645. The summed E-state index contributed by atoms with van der Waals surface area (Å²) in [4.78, 5) is 0.743. The van der Waals surface area contributed by atoms with Gasteiger partial charge in [0, 0.05) is 11.4 Å². The molecule has 0 amide bonds. The molecule has 2 rings (SSSR count). The number of rotatable bonds is 1. The molecule has 0 aromatic rings. The number of aliphatic hydroxyl groups is 1. The van der Waals surface area contributed by atoms with E-state index in [0.29, 0.717) is 17.9 Å². The van der Waals surface area contributed by atoms with Gasteiger partial charge in [0.25, 0.3) is 0 Å². The van der Waals surface area contributed by atoms with Crippen molar-refractivity contribution in [2.24, 2.45) is 11.3 Å². The lowest BCUT2D eigenvalue weighted by molar-refractivity contribution is 0.267. The number of halogens is 1. The smallest absolute Gasteiger partial charge is 0.0465 e. The average molecular weight is 177 g/mol. The summed E-state index contributed by atoms with van der Waals surface area (Å²) in [6, 6.07) is 0. The first-order valence-electron chi connectivity index (χ1n) is 3.04. The van der Waals surface area contributed by atoms with Gasteiger partial charge in [0.2, 0.25) is 0 Å². The van der Waals surface area contributed by atoms with Gasteiger partial charge in [0.1, 0.15) is 0 Å². The van der Waals surface area contributed by atoms with Crippen LogP contribution in [0.2, 0.25) is 0 Å². The summed E-state index contributed by atoms with van der Waals surface area (Å²) in [7, 11) is 0. The van der Waals surface area contributed by atoms with Crippen LogP contribution in [-0.4, -0.2) is 16.5 Å². The summed E-state index contributed by atoms with van der Waals surface area (Å²) in [6.07, 6.45) is 2.57. The maximum Gasteiger partial charge on any atom is 0.0465 e. The molecule has 0 aromatic carbocycles. The lowest BCUT2D eigenvalue weighted by Gasteiger charge is -1.84. The second kappa shape index (κ2) is 1.29. The first kappa shape index (κ1) is 5.24. The lowest BCUT2D eigenvalue weighted by Crippen LogP contribution is -1.88. The molecule has 8 heavy (non-hydrogen) atoms. The Balaban J connectivity index is 1.97. The maximum atomic E-state index is 8.68. The standard InChI is InChI=1S/C6H9BrO/c7-5-2-6(5)1-4(6)3-8/h4-5,8H,1-3H2/t4-,5-,6-/m1/s1. The minimum absolute atomic E-state index is 0.405. The summed E-state index contributed by atoms with van der Waals surface area (Å²) in [5, 5.41) is 8.68. The molecule has 1 N–H and O–H groups in total. The Morgan fingerprint density at radius 1 is 1.62 bits per heavy atom. The number of aliphatic hydroxyl groups excluding tert-OH is 1. The van der Waals surface area contributed by atoms with Crippen molar-refractivity contribution in [3.05, 3.63) is 0 Å². The van der Waals surface area contributed by atoms with Crippen molar-refractivity contribution in [1.29, 1.82) is 0 Å². The second-order valence-electron chi connectivity index (χ2n) is 2.99. The number of hydrogen-bond acceptors (Lipinski definition) is 1. The maximum absolute atomic E-state index is 8.68. The fourth-order valence-electron chi connectivity index (χ4n) is 1.55. The zero-order valence-corrected chi connectivity index (χ0v) is 6.19. The van der Waals surface area contributed by atoms with Crippen molar-refractivity contribution in [3.63, 3.8) is 0 Å². The van der Waals surface area contributed by atoms with E-state index in [-0.39, 0.29) is 0 Å². The third kappa shape index (κ3) is 0.456. The number of hydrogen-bond donors (Lipinski definition) is 1. The molecular weight excluding hydrogens is 168 g/mol. The molecule has 2 heteroatoms. The largest absolute Gasteiger partial charge is 0.396 e. The molecule has 2 fully saturated rings. The minimum atomic E-state index is 0.405. The zero-order chi connectivity index (χ0) is 5.78. The molecule has 0 aliphatic heterocycles. The fraction of sp³-hybridized carbons (Fsp3) is 1.00. The Morgan fingerprint density at radius 3 is 2.38 bits per heavy atom. The molecule has 0 bridgehead atoms. The predicted molar refractivity (Wildman–Crippen MR) is 35.0 cm³/mol. The molecule has 0 radical (unpaired) electrons. The Kier molecular flexibility index (Phi) is 0.848. The van der Waals surface area contributed by atoms with Crippen molar-refractivity contribution in [1.82, 2.24) is 0 Å². The molecule has 1 spiro atoms. The van der Waals surface area contributed by atoms with Crippen molar-refractivity contribution in [2.45, 2.75) is 17.7 Å². The van der Waals surface area contributed by atoms with E-state index < -0.39 is 0 Å². The van der Waals surface area contributed by atoms with E-state index in [9.17, 15) is 0 Å². The molecule has 2 aliphatic rings. The van der Waals surface area contributed by atoms with Gasteiger partial charge >= 0.3 is 0 Å². The van der Waals surface area contributed by atoms with Crippen LogP contribution in [-0.2, 0) is 0 Å². The SMILES string of the molecule is OC[C@H]1C[C@@]12C[C@H]2Br. The van der Waals surface area contributed by atoms with Gasteiger partial charge in [-0.3, -0.25) is 0 Å². The van der Waals surface area contributed by atoms with Crippen LogP contribution in [0.15, 0.2) is 0 Å². The van der Waals surface area contributed by atoms with E-state index in [0.717, 1.165) is 4.83 Å². The Labute approximate surface area is 57.2 Å².